The van der Waals surface area contributed by atoms with Crippen LogP contribution in [0.3, 0.4) is 0 Å². The minimum Gasteiger partial charge on any atom is -0.444 e. The van der Waals surface area contributed by atoms with Gasteiger partial charge in [-0.2, -0.15) is 0 Å². The normalized spacial score (nSPS) is 21.2. The quantitative estimate of drug-likeness (QED) is 0.413. The number of alkyl carbamates (subject to hydrolysis) is 1. The zero-order valence-electron chi connectivity index (χ0n) is 18.9. The molecule has 0 aromatic heterocycles. The van der Waals surface area contributed by atoms with Crippen molar-refractivity contribution in [2.45, 2.75) is 46.3 Å². The van der Waals surface area contributed by atoms with E-state index in [0.717, 1.165) is 5.57 Å². The SMILES string of the molecule is CC1=C(/C=C2\C(=O)Nc3ccc(F)cc32)NC(C)C1C(=O)NCCNC(=O)OC(C)(C)C. The number of amides is 3. The van der Waals surface area contributed by atoms with Crippen LogP contribution >= 0.6 is 0 Å². The molecule has 3 amide bonds. The Bertz CT molecular complexity index is 1010. The summed E-state index contributed by atoms with van der Waals surface area (Å²) in [6.45, 7) is 9.50. The third kappa shape index (κ3) is 5.27. The Kier molecular flexibility index (Phi) is 6.57. The van der Waals surface area contributed by atoms with E-state index in [0.29, 0.717) is 22.5 Å². The molecule has 0 fully saturated rings. The Morgan fingerprint density at radius 1 is 1.22 bits per heavy atom. The van der Waals surface area contributed by atoms with Crippen LogP contribution in [0.5, 0.6) is 0 Å². The van der Waals surface area contributed by atoms with Crippen molar-refractivity contribution in [3.8, 4) is 0 Å². The van der Waals surface area contributed by atoms with Crippen molar-refractivity contribution in [1.82, 2.24) is 16.0 Å². The maximum absolute atomic E-state index is 13.7. The predicted octanol–water partition coefficient (Wildman–Crippen LogP) is 2.68. The molecule has 1 aromatic rings. The van der Waals surface area contributed by atoms with E-state index < -0.39 is 23.4 Å². The number of ether oxygens (including phenoxy) is 1. The third-order valence-electron chi connectivity index (χ3n) is 5.20. The number of rotatable bonds is 5. The summed E-state index contributed by atoms with van der Waals surface area (Å²) in [5, 5.41) is 11.4. The maximum Gasteiger partial charge on any atom is 0.407 e. The first-order chi connectivity index (χ1) is 15.0. The summed E-state index contributed by atoms with van der Waals surface area (Å²) in [7, 11) is 0. The number of hydrogen-bond acceptors (Lipinski definition) is 5. The number of halogens is 1. The van der Waals surface area contributed by atoms with Crippen molar-refractivity contribution in [2.24, 2.45) is 5.92 Å². The van der Waals surface area contributed by atoms with Crippen LogP contribution in [0.15, 0.2) is 35.5 Å². The van der Waals surface area contributed by atoms with E-state index >= 15 is 0 Å². The number of fused-ring (bicyclic) bond motifs is 1. The molecule has 3 rings (SSSR count). The van der Waals surface area contributed by atoms with Crippen LogP contribution in [-0.2, 0) is 14.3 Å². The highest BCUT2D eigenvalue weighted by Crippen LogP contribution is 2.35. The Morgan fingerprint density at radius 3 is 2.59 bits per heavy atom. The summed E-state index contributed by atoms with van der Waals surface area (Å²) in [5.41, 5.74) is 2.24. The highest BCUT2D eigenvalue weighted by molar-refractivity contribution is 6.31. The summed E-state index contributed by atoms with van der Waals surface area (Å²) in [4.78, 5) is 36.8. The molecule has 4 N–H and O–H groups in total. The van der Waals surface area contributed by atoms with E-state index in [2.05, 4.69) is 21.3 Å². The van der Waals surface area contributed by atoms with Gasteiger partial charge in [0.1, 0.15) is 11.4 Å². The molecule has 9 heteroatoms. The number of benzene rings is 1. The largest absolute Gasteiger partial charge is 0.444 e. The molecule has 0 aliphatic carbocycles. The zero-order chi connectivity index (χ0) is 23.6. The Morgan fingerprint density at radius 2 is 1.91 bits per heavy atom. The number of anilines is 1. The number of allylic oxidation sites excluding steroid dienone is 1. The van der Waals surface area contributed by atoms with Gasteiger partial charge >= 0.3 is 6.09 Å². The lowest BCUT2D eigenvalue weighted by Crippen LogP contribution is -2.42. The first kappa shape index (κ1) is 23.3. The molecule has 2 unspecified atom stereocenters. The Hall–Kier alpha value is -3.36. The highest BCUT2D eigenvalue weighted by Gasteiger charge is 2.35. The number of nitrogens with one attached hydrogen (secondary N) is 4. The molecule has 0 spiro atoms. The predicted molar refractivity (Wildman–Crippen MR) is 119 cm³/mol. The average molecular weight is 445 g/mol. The van der Waals surface area contributed by atoms with Gasteiger partial charge in [0.05, 0.1) is 11.5 Å². The second kappa shape index (κ2) is 9.02. The molecule has 2 aliphatic rings. The van der Waals surface area contributed by atoms with Crippen LogP contribution in [0.4, 0.5) is 14.9 Å². The monoisotopic (exact) mass is 444 g/mol. The molecule has 1 aromatic carbocycles. The van der Waals surface area contributed by atoms with Crippen molar-refractivity contribution in [2.75, 3.05) is 18.4 Å². The number of carbonyl (C=O) groups excluding carboxylic acids is 3. The zero-order valence-corrected chi connectivity index (χ0v) is 18.9. The number of hydrogen-bond donors (Lipinski definition) is 4. The fourth-order valence-corrected chi connectivity index (χ4v) is 3.79. The first-order valence-electron chi connectivity index (χ1n) is 10.5. The molecule has 32 heavy (non-hydrogen) atoms. The lowest BCUT2D eigenvalue weighted by Gasteiger charge is -2.20. The molecular formula is C23H29FN4O4. The molecule has 0 saturated carbocycles. The van der Waals surface area contributed by atoms with Gasteiger partial charge in [-0.05, 0) is 64.5 Å². The molecule has 2 aliphatic heterocycles. The van der Waals surface area contributed by atoms with Gasteiger partial charge in [0.2, 0.25) is 5.91 Å². The van der Waals surface area contributed by atoms with Gasteiger partial charge in [-0.3, -0.25) is 9.59 Å². The molecular weight excluding hydrogens is 415 g/mol. The molecule has 0 bridgehead atoms. The molecule has 0 saturated heterocycles. The third-order valence-corrected chi connectivity index (χ3v) is 5.20. The van der Waals surface area contributed by atoms with Gasteiger partial charge in [0, 0.05) is 36.1 Å². The average Bonchev–Trinajstić information content (AvgIpc) is 3.13. The van der Waals surface area contributed by atoms with Crippen molar-refractivity contribution in [3.05, 3.63) is 46.9 Å². The fourth-order valence-electron chi connectivity index (χ4n) is 3.79. The van der Waals surface area contributed by atoms with Crippen LogP contribution in [0, 0.1) is 11.7 Å². The summed E-state index contributed by atoms with van der Waals surface area (Å²) in [5.74, 6) is -1.38. The van der Waals surface area contributed by atoms with Crippen LogP contribution in [0.2, 0.25) is 0 Å². The molecule has 172 valence electrons. The fraction of sp³-hybridized carbons (Fsp3) is 0.435. The Balaban J connectivity index is 1.65. The van der Waals surface area contributed by atoms with E-state index in [1.807, 2.05) is 13.8 Å². The van der Waals surface area contributed by atoms with Crippen molar-refractivity contribution in [3.63, 3.8) is 0 Å². The highest BCUT2D eigenvalue weighted by atomic mass is 19.1. The second-order valence-electron chi connectivity index (χ2n) is 8.93. The molecule has 8 nitrogen and oxygen atoms in total. The molecule has 2 heterocycles. The van der Waals surface area contributed by atoms with Gasteiger partial charge in [0.25, 0.3) is 5.91 Å². The van der Waals surface area contributed by atoms with Crippen LogP contribution in [0.25, 0.3) is 5.57 Å². The van der Waals surface area contributed by atoms with Gasteiger partial charge in [-0.15, -0.1) is 0 Å². The lowest BCUT2D eigenvalue weighted by atomic mass is 9.95. The minimum absolute atomic E-state index is 0.191. The van der Waals surface area contributed by atoms with E-state index in [-0.39, 0.29) is 30.9 Å². The van der Waals surface area contributed by atoms with Crippen LogP contribution < -0.4 is 21.3 Å². The maximum atomic E-state index is 13.7. The Labute approximate surface area is 186 Å². The second-order valence-corrected chi connectivity index (χ2v) is 8.93. The number of carbonyl (C=O) groups is 3. The van der Waals surface area contributed by atoms with Crippen molar-refractivity contribution in [1.29, 1.82) is 0 Å². The standard InChI is InChI=1S/C23H29FN4O4/c1-12-18(11-16-15-10-14(24)6-7-17(15)28-20(16)29)27-13(2)19(12)21(30)25-8-9-26-22(31)32-23(3,4)5/h6-7,10-11,13,19,27H,8-9H2,1-5H3,(H,25,30)(H,26,31)(H,28,29)/b16-11-. The summed E-state index contributed by atoms with van der Waals surface area (Å²) in [6, 6.07) is 3.93. The van der Waals surface area contributed by atoms with Gasteiger partial charge in [0.15, 0.2) is 0 Å². The summed E-state index contributed by atoms with van der Waals surface area (Å²) < 4.78 is 18.8. The summed E-state index contributed by atoms with van der Waals surface area (Å²) in [6.07, 6.45) is 1.11. The first-order valence-corrected chi connectivity index (χ1v) is 10.5. The van der Waals surface area contributed by atoms with E-state index in [1.165, 1.54) is 18.2 Å². The van der Waals surface area contributed by atoms with Crippen LogP contribution in [0.1, 0.15) is 40.2 Å². The molecule has 0 radical (unpaired) electrons. The van der Waals surface area contributed by atoms with E-state index in [4.69, 9.17) is 4.74 Å². The van der Waals surface area contributed by atoms with Gasteiger partial charge in [-0.1, -0.05) is 0 Å². The van der Waals surface area contributed by atoms with Crippen molar-refractivity contribution < 1.29 is 23.5 Å². The van der Waals surface area contributed by atoms with Crippen molar-refractivity contribution >= 4 is 29.2 Å². The van der Waals surface area contributed by atoms with Gasteiger partial charge < -0.3 is 26.0 Å². The van der Waals surface area contributed by atoms with Gasteiger partial charge in [-0.25, -0.2) is 9.18 Å². The smallest absolute Gasteiger partial charge is 0.407 e. The summed E-state index contributed by atoms with van der Waals surface area (Å²) >= 11 is 0. The van der Waals surface area contributed by atoms with Crippen LogP contribution in [-0.4, -0.2) is 42.6 Å². The van der Waals surface area contributed by atoms with E-state index in [1.54, 1.807) is 26.8 Å². The lowest BCUT2D eigenvalue weighted by molar-refractivity contribution is -0.124. The van der Waals surface area contributed by atoms with E-state index in [9.17, 15) is 18.8 Å². The topological polar surface area (TPSA) is 109 Å². The molecule has 2 atom stereocenters. The minimum atomic E-state index is -0.590.